The van der Waals surface area contributed by atoms with E-state index in [0.717, 1.165) is 11.1 Å². The zero-order valence-corrected chi connectivity index (χ0v) is 15.5. The van der Waals surface area contributed by atoms with Crippen molar-refractivity contribution in [1.29, 1.82) is 0 Å². The van der Waals surface area contributed by atoms with Crippen LogP contribution in [0, 0.1) is 0 Å². The second-order valence-electron chi connectivity index (χ2n) is 6.49. The van der Waals surface area contributed by atoms with Crippen LogP contribution in [0.3, 0.4) is 0 Å². The molecule has 124 valence electrons. The van der Waals surface area contributed by atoms with Gasteiger partial charge in [0.1, 0.15) is 11.0 Å². The number of nitrogens with zero attached hydrogens (tertiary/aromatic N) is 1. The molecule has 0 aliphatic carbocycles. The molecule has 0 unspecified atom stereocenters. The minimum Gasteiger partial charge on any atom is -0.398 e. The van der Waals surface area contributed by atoms with Gasteiger partial charge in [-0.25, -0.2) is 8.51 Å². The summed E-state index contributed by atoms with van der Waals surface area (Å²) in [6.07, 6.45) is 0. The summed E-state index contributed by atoms with van der Waals surface area (Å²) < 4.78 is 14.4. The molecule has 2 aromatic rings. The normalized spacial score (nSPS) is 14.7. The van der Waals surface area contributed by atoms with Crippen LogP contribution in [-0.2, 0) is 11.0 Å². The molecule has 0 amide bonds. The third-order valence-corrected chi connectivity index (χ3v) is 5.62. The average Bonchev–Trinajstić information content (AvgIpc) is 2.50. The third kappa shape index (κ3) is 4.14. The Balaban J connectivity index is 2.57. The van der Waals surface area contributed by atoms with Crippen LogP contribution in [-0.4, -0.2) is 20.3 Å². The predicted molar refractivity (Wildman–Crippen MR) is 99.8 cm³/mol. The van der Waals surface area contributed by atoms with Crippen molar-refractivity contribution in [2.75, 3.05) is 12.8 Å². The highest BCUT2D eigenvalue weighted by atomic mass is 35.5. The maximum absolute atomic E-state index is 12.9. The van der Waals surface area contributed by atoms with Gasteiger partial charge in [-0.2, -0.15) is 0 Å². The molecule has 2 rings (SSSR count). The number of rotatable bonds is 4. The molecule has 0 saturated carbocycles. The van der Waals surface area contributed by atoms with E-state index in [0.29, 0.717) is 10.7 Å². The molecule has 0 radical (unpaired) electrons. The van der Waals surface area contributed by atoms with E-state index < -0.39 is 11.0 Å². The molecule has 2 N–H and O–H groups in total. The maximum Gasteiger partial charge on any atom is 0.100 e. The fraction of sp³-hybridized carbons (Fsp3) is 0.333. The summed E-state index contributed by atoms with van der Waals surface area (Å²) in [5.74, 6) is 0. The van der Waals surface area contributed by atoms with Gasteiger partial charge in [0.2, 0.25) is 0 Å². The topological polar surface area (TPSA) is 46.3 Å². The van der Waals surface area contributed by atoms with Crippen LogP contribution >= 0.6 is 11.6 Å². The van der Waals surface area contributed by atoms with Gasteiger partial charge in [0, 0.05) is 17.8 Å². The Kier molecular flexibility index (Phi) is 5.50. The number of hydrogen-bond acceptors (Lipinski definition) is 2. The summed E-state index contributed by atoms with van der Waals surface area (Å²) >= 11 is 6.17. The lowest BCUT2D eigenvalue weighted by atomic mass is 9.97. The van der Waals surface area contributed by atoms with Crippen LogP contribution in [0.5, 0.6) is 0 Å². The standard InChI is InChI=1S/C18H23ClN2OS/c1-18(2,3)23(22)21(4)17(13-8-6-5-7-9-13)15-12-14(19)10-11-16(15)20/h5-12,17H,20H2,1-4H3/t17-,23-/m1/s1. The van der Waals surface area contributed by atoms with Gasteiger partial charge >= 0.3 is 0 Å². The van der Waals surface area contributed by atoms with Gasteiger partial charge in [0.05, 0.1) is 10.8 Å². The minimum atomic E-state index is -1.19. The molecule has 0 bridgehead atoms. The predicted octanol–water partition coefficient (Wildman–Crippen LogP) is 4.41. The van der Waals surface area contributed by atoms with E-state index in [2.05, 4.69) is 0 Å². The van der Waals surface area contributed by atoms with Crippen LogP contribution in [0.4, 0.5) is 5.69 Å². The highest BCUT2D eigenvalue weighted by molar-refractivity contribution is 7.84. The second-order valence-corrected chi connectivity index (χ2v) is 9.23. The third-order valence-electron chi connectivity index (χ3n) is 3.61. The fourth-order valence-corrected chi connectivity index (χ4v) is 4.00. The Morgan fingerprint density at radius 1 is 1.13 bits per heavy atom. The van der Waals surface area contributed by atoms with E-state index in [1.165, 1.54) is 0 Å². The van der Waals surface area contributed by atoms with E-state index in [1.807, 2.05) is 68.5 Å². The monoisotopic (exact) mass is 350 g/mol. The van der Waals surface area contributed by atoms with Gasteiger partial charge < -0.3 is 5.73 Å². The molecule has 0 aromatic heterocycles. The summed E-state index contributed by atoms with van der Waals surface area (Å²) in [5.41, 5.74) is 8.72. The Morgan fingerprint density at radius 3 is 2.30 bits per heavy atom. The van der Waals surface area contributed by atoms with Crippen molar-refractivity contribution in [3.63, 3.8) is 0 Å². The van der Waals surface area contributed by atoms with Gasteiger partial charge in [0.15, 0.2) is 0 Å². The van der Waals surface area contributed by atoms with Crippen molar-refractivity contribution >= 4 is 28.3 Å². The smallest absolute Gasteiger partial charge is 0.100 e. The average molecular weight is 351 g/mol. The quantitative estimate of drug-likeness (QED) is 0.830. The molecule has 0 spiro atoms. The summed E-state index contributed by atoms with van der Waals surface area (Å²) in [6, 6.07) is 15.1. The molecule has 23 heavy (non-hydrogen) atoms. The van der Waals surface area contributed by atoms with Gasteiger partial charge in [-0.05, 0) is 50.1 Å². The Morgan fingerprint density at radius 2 is 1.74 bits per heavy atom. The van der Waals surface area contributed by atoms with Crippen LogP contribution in [0.15, 0.2) is 48.5 Å². The zero-order valence-electron chi connectivity index (χ0n) is 13.9. The number of benzene rings is 2. The highest BCUT2D eigenvalue weighted by Gasteiger charge is 2.31. The van der Waals surface area contributed by atoms with Crippen molar-refractivity contribution in [1.82, 2.24) is 4.31 Å². The van der Waals surface area contributed by atoms with Crippen molar-refractivity contribution in [2.24, 2.45) is 0 Å². The number of hydrogen-bond donors (Lipinski definition) is 1. The second kappa shape index (κ2) is 7.04. The molecule has 3 nitrogen and oxygen atoms in total. The lowest BCUT2D eigenvalue weighted by Crippen LogP contribution is -2.38. The van der Waals surface area contributed by atoms with E-state index in [1.54, 1.807) is 12.1 Å². The van der Waals surface area contributed by atoms with Crippen LogP contribution < -0.4 is 5.73 Å². The maximum atomic E-state index is 12.9. The molecule has 0 fully saturated rings. The molecule has 0 heterocycles. The van der Waals surface area contributed by atoms with E-state index >= 15 is 0 Å². The van der Waals surface area contributed by atoms with Crippen molar-refractivity contribution in [3.05, 3.63) is 64.7 Å². The van der Waals surface area contributed by atoms with Crippen LogP contribution in [0.25, 0.3) is 0 Å². The van der Waals surface area contributed by atoms with E-state index in [4.69, 9.17) is 17.3 Å². The molecule has 2 aromatic carbocycles. The fourth-order valence-electron chi connectivity index (χ4n) is 2.53. The van der Waals surface area contributed by atoms with E-state index in [9.17, 15) is 4.21 Å². The van der Waals surface area contributed by atoms with Crippen molar-refractivity contribution in [3.8, 4) is 0 Å². The number of halogens is 1. The van der Waals surface area contributed by atoms with E-state index in [-0.39, 0.29) is 10.8 Å². The Labute approximate surface area is 146 Å². The SMILES string of the molecule is CN([C@H](c1ccccc1)c1cc(Cl)ccc1N)[S@](=O)C(C)(C)C. The zero-order chi connectivity index (χ0) is 17.2. The Hall–Kier alpha value is -1.36. The number of anilines is 1. The Bertz CT molecular complexity index is 698. The van der Waals surface area contributed by atoms with Gasteiger partial charge in [-0.1, -0.05) is 41.9 Å². The summed E-state index contributed by atoms with van der Waals surface area (Å²) in [5, 5.41) is 0.616. The van der Waals surface area contributed by atoms with Crippen LogP contribution in [0.1, 0.15) is 37.9 Å². The minimum absolute atomic E-state index is 0.227. The van der Waals surface area contributed by atoms with Gasteiger partial charge in [-0.3, -0.25) is 0 Å². The number of nitrogen functional groups attached to an aromatic ring is 1. The van der Waals surface area contributed by atoms with Crippen molar-refractivity contribution < 1.29 is 4.21 Å². The number of nitrogens with two attached hydrogens (primary N) is 1. The molecular formula is C18H23ClN2OS. The van der Waals surface area contributed by atoms with Gasteiger partial charge in [0.25, 0.3) is 0 Å². The summed E-state index contributed by atoms with van der Waals surface area (Å²) in [4.78, 5) is 0. The first-order chi connectivity index (χ1) is 10.7. The molecule has 0 aliphatic rings. The lowest BCUT2D eigenvalue weighted by Gasteiger charge is -2.33. The first-order valence-corrected chi connectivity index (χ1v) is 8.95. The summed E-state index contributed by atoms with van der Waals surface area (Å²) in [6.45, 7) is 5.88. The first-order valence-electron chi connectivity index (χ1n) is 7.46. The molecular weight excluding hydrogens is 328 g/mol. The summed E-state index contributed by atoms with van der Waals surface area (Å²) in [7, 11) is 0.667. The molecule has 0 aliphatic heterocycles. The lowest BCUT2D eigenvalue weighted by molar-refractivity contribution is 0.441. The first kappa shape index (κ1) is 18.0. The van der Waals surface area contributed by atoms with Gasteiger partial charge in [-0.15, -0.1) is 0 Å². The van der Waals surface area contributed by atoms with Crippen LogP contribution in [0.2, 0.25) is 5.02 Å². The molecule has 2 atom stereocenters. The largest absolute Gasteiger partial charge is 0.398 e. The molecule has 0 saturated heterocycles. The highest BCUT2D eigenvalue weighted by Crippen LogP contribution is 2.35. The van der Waals surface area contributed by atoms with Crippen molar-refractivity contribution in [2.45, 2.75) is 31.6 Å². The molecule has 5 heteroatoms.